The van der Waals surface area contributed by atoms with E-state index in [-0.39, 0.29) is 11.3 Å². The van der Waals surface area contributed by atoms with Crippen molar-refractivity contribution in [1.29, 1.82) is 5.26 Å². The fourth-order valence-corrected chi connectivity index (χ4v) is 2.68. The second-order valence-corrected chi connectivity index (χ2v) is 6.17. The molecule has 0 atom stereocenters. The molecular weight excluding hydrogens is 370 g/mol. The van der Waals surface area contributed by atoms with Gasteiger partial charge in [-0.3, -0.25) is 14.9 Å². The van der Waals surface area contributed by atoms with E-state index in [1.807, 2.05) is 36.4 Å². The Labute approximate surface area is 167 Å². The summed E-state index contributed by atoms with van der Waals surface area (Å²) in [6.07, 6.45) is 2.03. The summed E-state index contributed by atoms with van der Waals surface area (Å²) in [5.41, 5.74) is 1.66. The molecule has 0 aliphatic rings. The van der Waals surface area contributed by atoms with E-state index >= 15 is 0 Å². The van der Waals surface area contributed by atoms with Crippen molar-refractivity contribution < 1.29 is 14.1 Å². The molecule has 1 N–H and O–H groups in total. The van der Waals surface area contributed by atoms with Crippen LogP contribution in [0.3, 0.4) is 0 Å². The monoisotopic (exact) mass is 387 g/mol. The van der Waals surface area contributed by atoms with Crippen LogP contribution >= 0.6 is 0 Å². The Hall–Kier alpha value is -4.18. The van der Waals surface area contributed by atoms with Crippen molar-refractivity contribution in [2.75, 3.05) is 6.54 Å². The highest BCUT2D eigenvalue weighted by atomic mass is 16.6. The first-order valence-corrected chi connectivity index (χ1v) is 8.85. The van der Waals surface area contributed by atoms with Crippen molar-refractivity contribution in [1.82, 2.24) is 5.32 Å². The number of hydrogen-bond acceptors (Lipinski definition) is 5. The number of furan rings is 1. The Bertz CT molecular complexity index is 1080. The summed E-state index contributed by atoms with van der Waals surface area (Å²) in [6.45, 7) is 0.411. The van der Waals surface area contributed by atoms with Crippen LogP contribution in [0.2, 0.25) is 0 Å². The lowest BCUT2D eigenvalue weighted by molar-refractivity contribution is -0.384. The molecule has 0 saturated heterocycles. The number of carbonyl (C=O) groups is 1. The predicted molar refractivity (Wildman–Crippen MR) is 108 cm³/mol. The van der Waals surface area contributed by atoms with E-state index in [0.29, 0.717) is 30.0 Å². The molecule has 144 valence electrons. The number of nitrogens with zero attached hydrogens (tertiary/aromatic N) is 2. The second kappa shape index (κ2) is 9.15. The van der Waals surface area contributed by atoms with Crippen molar-refractivity contribution in [3.05, 3.63) is 93.7 Å². The van der Waals surface area contributed by atoms with Crippen LogP contribution in [0.4, 0.5) is 5.69 Å². The highest BCUT2D eigenvalue weighted by Crippen LogP contribution is 2.25. The van der Waals surface area contributed by atoms with E-state index in [2.05, 4.69) is 5.32 Å². The second-order valence-electron chi connectivity index (χ2n) is 6.17. The van der Waals surface area contributed by atoms with Gasteiger partial charge >= 0.3 is 0 Å². The number of non-ortho nitro benzene ring substituents is 1. The zero-order valence-corrected chi connectivity index (χ0v) is 15.4. The molecule has 3 aromatic rings. The van der Waals surface area contributed by atoms with E-state index in [1.165, 1.54) is 18.2 Å². The third kappa shape index (κ3) is 5.17. The third-order valence-corrected chi connectivity index (χ3v) is 4.18. The Kier molecular flexibility index (Phi) is 6.18. The largest absolute Gasteiger partial charge is 0.457 e. The van der Waals surface area contributed by atoms with Gasteiger partial charge in [-0.15, -0.1) is 0 Å². The maximum Gasteiger partial charge on any atom is 0.269 e. The molecule has 0 aliphatic heterocycles. The number of nitriles is 1. The molecule has 0 saturated carbocycles. The summed E-state index contributed by atoms with van der Waals surface area (Å²) in [5.74, 6) is 0.345. The van der Waals surface area contributed by atoms with Crippen LogP contribution in [0.25, 0.3) is 17.4 Å². The van der Waals surface area contributed by atoms with Gasteiger partial charge in [0.2, 0.25) is 0 Å². The molecule has 3 rings (SSSR count). The van der Waals surface area contributed by atoms with Gasteiger partial charge in [0.05, 0.1) is 4.92 Å². The number of hydrogen-bond donors (Lipinski definition) is 1. The molecule has 7 heteroatoms. The minimum atomic E-state index is -0.477. The van der Waals surface area contributed by atoms with Gasteiger partial charge in [-0.05, 0) is 36.2 Å². The lowest BCUT2D eigenvalue weighted by atomic mass is 10.1. The molecule has 0 bridgehead atoms. The Morgan fingerprint density at radius 1 is 1.10 bits per heavy atom. The topological polar surface area (TPSA) is 109 Å². The molecule has 0 aliphatic carbocycles. The first-order valence-electron chi connectivity index (χ1n) is 8.85. The first-order chi connectivity index (χ1) is 14.1. The van der Waals surface area contributed by atoms with Gasteiger partial charge in [0.25, 0.3) is 11.6 Å². The van der Waals surface area contributed by atoms with Crippen LogP contribution in [0.5, 0.6) is 0 Å². The van der Waals surface area contributed by atoms with Gasteiger partial charge in [0, 0.05) is 30.3 Å². The molecule has 1 amide bonds. The van der Waals surface area contributed by atoms with Crippen LogP contribution in [-0.2, 0) is 11.2 Å². The average molecular weight is 387 g/mol. The summed E-state index contributed by atoms with van der Waals surface area (Å²) >= 11 is 0. The number of benzene rings is 2. The summed E-state index contributed by atoms with van der Waals surface area (Å²) < 4.78 is 5.65. The third-order valence-electron chi connectivity index (χ3n) is 4.18. The summed E-state index contributed by atoms with van der Waals surface area (Å²) in [5, 5.41) is 22.8. The zero-order chi connectivity index (χ0) is 20.6. The van der Waals surface area contributed by atoms with Crippen LogP contribution in [0.15, 0.2) is 76.7 Å². The van der Waals surface area contributed by atoms with E-state index in [9.17, 15) is 20.2 Å². The van der Waals surface area contributed by atoms with Gasteiger partial charge in [-0.25, -0.2) is 0 Å². The van der Waals surface area contributed by atoms with Gasteiger partial charge < -0.3 is 9.73 Å². The van der Waals surface area contributed by atoms with Crippen LogP contribution in [-0.4, -0.2) is 17.4 Å². The van der Waals surface area contributed by atoms with Crippen LogP contribution < -0.4 is 5.32 Å². The van der Waals surface area contributed by atoms with Crippen LogP contribution in [0, 0.1) is 21.4 Å². The SMILES string of the molecule is N#CC(=Cc1ccc(-c2ccc([N+](=O)[O-])cc2)o1)C(=O)NCCc1ccccc1. The van der Waals surface area contributed by atoms with Gasteiger partial charge in [-0.1, -0.05) is 30.3 Å². The molecule has 0 radical (unpaired) electrons. The molecule has 29 heavy (non-hydrogen) atoms. The average Bonchev–Trinajstić information content (AvgIpc) is 3.21. The maximum atomic E-state index is 12.2. The summed E-state index contributed by atoms with van der Waals surface area (Å²) in [7, 11) is 0. The van der Waals surface area contributed by atoms with Gasteiger partial charge in [0.15, 0.2) is 0 Å². The first kappa shape index (κ1) is 19.6. The molecule has 1 aromatic heterocycles. The lowest BCUT2D eigenvalue weighted by Crippen LogP contribution is -2.26. The highest BCUT2D eigenvalue weighted by molar-refractivity contribution is 6.01. The normalized spacial score (nSPS) is 10.9. The fourth-order valence-electron chi connectivity index (χ4n) is 2.68. The number of carbonyl (C=O) groups excluding carboxylic acids is 1. The lowest BCUT2D eigenvalue weighted by Gasteiger charge is -2.04. The number of nitrogens with one attached hydrogen (secondary N) is 1. The molecule has 0 fully saturated rings. The maximum absolute atomic E-state index is 12.2. The van der Waals surface area contributed by atoms with Crippen molar-refractivity contribution in [2.45, 2.75) is 6.42 Å². The quantitative estimate of drug-likeness (QED) is 0.284. The van der Waals surface area contributed by atoms with Gasteiger partial charge in [0.1, 0.15) is 23.2 Å². The molecule has 1 heterocycles. The van der Waals surface area contributed by atoms with E-state index in [4.69, 9.17) is 4.42 Å². The molecule has 0 spiro atoms. The Morgan fingerprint density at radius 2 is 1.83 bits per heavy atom. The predicted octanol–water partition coefficient (Wildman–Crippen LogP) is 4.12. The number of nitro groups is 1. The number of nitro benzene ring substituents is 1. The molecule has 0 unspecified atom stereocenters. The standard InChI is InChI=1S/C22H17N3O4/c23-15-18(22(26)24-13-12-16-4-2-1-3-5-16)14-20-10-11-21(29-20)17-6-8-19(9-7-17)25(27)28/h1-11,14H,12-13H2,(H,24,26). The van der Waals surface area contributed by atoms with Crippen molar-refractivity contribution in [3.63, 3.8) is 0 Å². The minimum Gasteiger partial charge on any atom is -0.457 e. The molecule has 7 nitrogen and oxygen atoms in total. The van der Waals surface area contributed by atoms with E-state index in [0.717, 1.165) is 5.56 Å². The highest BCUT2D eigenvalue weighted by Gasteiger charge is 2.12. The van der Waals surface area contributed by atoms with Crippen molar-refractivity contribution >= 4 is 17.7 Å². The smallest absolute Gasteiger partial charge is 0.269 e. The van der Waals surface area contributed by atoms with Crippen molar-refractivity contribution in [3.8, 4) is 17.4 Å². The molecule has 2 aromatic carbocycles. The summed E-state index contributed by atoms with van der Waals surface area (Å²) in [4.78, 5) is 22.5. The Balaban J connectivity index is 1.65. The van der Waals surface area contributed by atoms with E-state index < -0.39 is 10.8 Å². The number of amides is 1. The van der Waals surface area contributed by atoms with Crippen molar-refractivity contribution in [2.24, 2.45) is 0 Å². The minimum absolute atomic E-state index is 0.0145. The van der Waals surface area contributed by atoms with E-state index in [1.54, 1.807) is 24.3 Å². The van der Waals surface area contributed by atoms with Gasteiger partial charge in [-0.2, -0.15) is 5.26 Å². The molecular formula is C22H17N3O4. The summed E-state index contributed by atoms with van der Waals surface area (Å²) in [6, 6.07) is 20.8. The number of rotatable bonds is 7. The van der Waals surface area contributed by atoms with Crippen LogP contribution in [0.1, 0.15) is 11.3 Å². The fraction of sp³-hybridized carbons (Fsp3) is 0.0909. The Morgan fingerprint density at radius 3 is 2.48 bits per heavy atom. The zero-order valence-electron chi connectivity index (χ0n) is 15.4.